The first-order chi connectivity index (χ1) is 20.0. The number of amides is 2. The molecule has 2 amide bonds. The largest absolute Gasteiger partial charge is 0.453 e. The van der Waals surface area contributed by atoms with Crippen LogP contribution in [0.25, 0.3) is 11.0 Å². The summed E-state index contributed by atoms with van der Waals surface area (Å²) in [5.74, 6) is -0.468. The number of ether oxygens (including phenoxy) is 1. The standard InChI is InChI=1S/C32H27N5O4/c1-20(38)41-30-23-8-2-3-9-24(23)31(40)37(28-13-7-4-10-25(28)30)19-29(39)33-18-21-14-16-22(17-15-21)34-32-35-26-11-5-6-12-27(26)36-32/h2-17,30H,18-19H2,1H3,(H,33,39)(H2,34,35,36). The van der Waals surface area contributed by atoms with Crippen LogP contribution in [-0.4, -0.2) is 34.3 Å². The molecule has 5 aromatic rings. The first-order valence-corrected chi connectivity index (χ1v) is 13.2. The Morgan fingerprint density at radius 3 is 2.39 bits per heavy atom. The number of carbonyl (C=O) groups is 3. The normalized spacial score (nSPS) is 14.1. The fourth-order valence-electron chi connectivity index (χ4n) is 5.00. The van der Waals surface area contributed by atoms with Crippen LogP contribution in [0.4, 0.5) is 17.3 Å². The van der Waals surface area contributed by atoms with Crippen molar-refractivity contribution in [2.24, 2.45) is 0 Å². The van der Waals surface area contributed by atoms with Crippen molar-refractivity contribution in [1.29, 1.82) is 0 Å². The Labute approximate surface area is 236 Å². The number of aromatic nitrogens is 2. The van der Waals surface area contributed by atoms with Crippen LogP contribution < -0.4 is 15.5 Å². The summed E-state index contributed by atoms with van der Waals surface area (Å²) in [6.45, 7) is 1.44. The van der Waals surface area contributed by atoms with E-state index in [4.69, 9.17) is 4.74 Å². The Balaban J connectivity index is 1.15. The van der Waals surface area contributed by atoms with Crippen LogP contribution in [0.2, 0.25) is 0 Å². The summed E-state index contributed by atoms with van der Waals surface area (Å²) in [7, 11) is 0. The number of hydrogen-bond donors (Lipinski definition) is 3. The zero-order valence-corrected chi connectivity index (χ0v) is 22.3. The molecule has 0 radical (unpaired) electrons. The molecule has 1 aliphatic heterocycles. The van der Waals surface area contributed by atoms with Gasteiger partial charge < -0.3 is 20.4 Å². The van der Waals surface area contributed by atoms with Gasteiger partial charge in [0.2, 0.25) is 11.9 Å². The number of para-hydroxylation sites is 3. The van der Waals surface area contributed by atoms with Crippen LogP contribution >= 0.6 is 0 Å². The van der Waals surface area contributed by atoms with Crippen molar-refractivity contribution in [3.05, 3.63) is 119 Å². The van der Waals surface area contributed by atoms with Crippen LogP contribution in [0, 0.1) is 0 Å². The van der Waals surface area contributed by atoms with Gasteiger partial charge >= 0.3 is 5.97 Å². The van der Waals surface area contributed by atoms with E-state index in [9.17, 15) is 14.4 Å². The summed E-state index contributed by atoms with van der Waals surface area (Å²) in [6, 6.07) is 29.6. The van der Waals surface area contributed by atoms with Crippen molar-refractivity contribution in [3.8, 4) is 0 Å². The molecule has 0 saturated heterocycles. The predicted molar refractivity (Wildman–Crippen MR) is 156 cm³/mol. The highest BCUT2D eigenvalue weighted by Crippen LogP contribution is 2.39. The maximum atomic E-state index is 13.7. The Bertz CT molecular complexity index is 1730. The molecular weight excluding hydrogens is 518 g/mol. The molecule has 1 aromatic heterocycles. The van der Waals surface area contributed by atoms with Crippen molar-refractivity contribution in [2.75, 3.05) is 16.8 Å². The van der Waals surface area contributed by atoms with Crippen LogP contribution in [0.15, 0.2) is 97.1 Å². The van der Waals surface area contributed by atoms with Gasteiger partial charge in [-0.1, -0.05) is 60.7 Å². The molecule has 3 N–H and O–H groups in total. The molecule has 0 spiro atoms. The highest BCUT2D eigenvalue weighted by atomic mass is 16.5. The first-order valence-electron chi connectivity index (χ1n) is 13.2. The third-order valence-electron chi connectivity index (χ3n) is 6.91. The van der Waals surface area contributed by atoms with E-state index >= 15 is 0 Å². The van der Waals surface area contributed by atoms with Crippen LogP contribution in [0.5, 0.6) is 0 Å². The van der Waals surface area contributed by atoms with Gasteiger partial charge in [0.25, 0.3) is 5.91 Å². The number of esters is 1. The van der Waals surface area contributed by atoms with Gasteiger partial charge in [0.05, 0.1) is 16.7 Å². The van der Waals surface area contributed by atoms with Gasteiger partial charge in [0.1, 0.15) is 6.54 Å². The van der Waals surface area contributed by atoms with Crippen LogP contribution in [-0.2, 0) is 20.9 Å². The molecule has 9 nitrogen and oxygen atoms in total. The van der Waals surface area contributed by atoms with Gasteiger partial charge in [-0.05, 0) is 42.0 Å². The highest BCUT2D eigenvalue weighted by Gasteiger charge is 2.34. The highest BCUT2D eigenvalue weighted by molar-refractivity contribution is 6.11. The molecule has 0 fully saturated rings. The van der Waals surface area contributed by atoms with E-state index in [1.54, 1.807) is 36.4 Å². The second-order valence-electron chi connectivity index (χ2n) is 9.73. The van der Waals surface area contributed by atoms with Gasteiger partial charge in [-0.25, -0.2) is 4.98 Å². The summed E-state index contributed by atoms with van der Waals surface area (Å²) in [5, 5.41) is 6.17. The maximum absolute atomic E-state index is 13.7. The molecular formula is C32H27N5O4. The zero-order valence-electron chi connectivity index (χ0n) is 22.3. The summed E-state index contributed by atoms with van der Waals surface area (Å²) < 4.78 is 5.66. The number of hydrogen-bond acceptors (Lipinski definition) is 6. The molecule has 41 heavy (non-hydrogen) atoms. The molecule has 9 heteroatoms. The van der Waals surface area contributed by atoms with Gasteiger partial charge in [0.15, 0.2) is 6.10 Å². The van der Waals surface area contributed by atoms with Gasteiger partial charge in [-0.3, -0.25) is 19.3 Å². The van der Waals surface area contributed by atoms with Crippen molar-refractivity contribution in [3.63, 3.8) is 0 Å². The third-order valence-corrected chi connectivity index (χ3v) is 6.91. The van der Waals surface area contributed by atoms with E-state index in [1.165, 1.54) is 11.8 Å². The number of nitrogens with zero attached hydrogens (tertiary/aromatic N) is 2. The average Bonchev–Trinajstić information content (AvgIpc) is 3.37. The maximum Gasteiger partial charge on any atom is 0.303 e. The number of rotatable bonds is 7. The fraction of sp³-hybridized carbons (Fsp3) is 0.125. The number of nitrogens with one attached hydrogen (secondary N) is 3. The van der Waals surface area contributed by atoms with E-state index < -0.39 is 12.1 Å². The third kappa shape index (κ3) is 5.38. The van der Waals surface area contributed by atoms with E-state index in [-0.39, 0.29) is 18.4 Å². The predicted octanol–water partition coefficient (Wildman–Crippen LogP) is 5.24. The molecule has 1 unspecified atom stereocenters. The molecule has 0 bridgehead atoms. The Morgan fingerprint density at radius 1 is 0.902 bits per heavy atom. The fourth-order valence-corrected chi connectivity index (χ4v) is 5.00. The molecule has 1 aliphatic rings. The number of anilines is 3. The van der Waals surface area contributed by atoms with Crippen LogP contribution in [0.3, 0.4) is 0 Å². The zero-order chi connectivity index (χ0) is 28.3. The van der Waals surface area contributed by atoms with Crippen molar-refractivity contribution < 1.29 is 19.1 Å². The topological polar surface area (TPSA) is 116 Å². The quantitative estimate of drug-likeness (QED) is 0.241. The van der Waals surface area contributed by atoms with E-state index in [1.807, 2.05) is 60.7 Å². The minimum atomic E-state index is -0.761. The number of fused-ring (bicyclic) bond motifs is 3. The van der Waals surface area contributed by atoms with Crippen molar-refractivity contribution >= 4 is 46.1 Å². The Morgan fingerprint density at radius 2 is 1.61 bits per heavy atom. The molecule has 6 rings (SSSR count). The lowest BCUT2D eigenvalue weighted by atomic mass is 9.97. The smallest absolute Gasteiger partial charge is 0.303 e. The number of aromatic amines is 1. The van der Waals surface area contributed by atoms with Crippen molar-refractivity contribution in [1.82, 2.24) is 15.3 Å². The van der Waals surface area contributed by atoms with Crippen molar-refractivity contribution in [2.45, 2.75) is 19.6 Å². The summed E-state index contributed by atoms with van der Waals surface area (Å²) in [4.78, 5) is 47.9. The number of H-pyrrole nitrogens is 1. The summed E-state index contributed by atoms with van der Waals surface area (Å²) >= 11 is 0. The van der Waals surface area contributed by atoms with E-state index in [0.717, 1.165) is 22.3 Å². The number of benzene rings is 4. The molecule has 204 valence electrons. The van der Waals surface area contributed by atoms with E-state index in [2.05, 4.69) is 20.6 Å². The second-order valence-corrected chi connectivity index (χ2v) is 9.73. The molecule has 0 saturated carbocycles. The monoisotopic (exact) mass is 545 g/mol. The molecule has 4 aromatic carbocycles. The number of imidazole rings is 1. The second kappa shape index (κ2) is 11.0. The van der Waals surface area contributed by atoms with E-state index in [0.29, 0.717) is 34.9 Å². The first kappa shape index (κ1) is 25.8. The molecule has 2 heterocycles. The summed E-state index contributed by atoms with van der Waals surface area (Å²) in [6.07, 6.45) is -0.761. The lowest BCUT2D eigenvalue weighted by Gasteiger charge is -2.23. The van der Waals surface area contributed by atoms with Crippen LogP contribution in [0.1, 0.15) is 40.1 Å². The molecule has 1 atom stereocenters. The average molecular weight is 546 g/mol. The van der Waals surface area contributed by atoms with Gasteiger partial charge in [0, 0.05) is 35.8 Å². The minimum absolute atomic E-state index is 0.192. The SMILES string of the molecule is CC(=O)OC1c2ccccc2C(=O)N(CC(=O)NCc2ccc(Nc3nc4ccccc4[nH]3)cc2)c2ccccc21. The number of carbonyl (C=O) groups excluding carboxylic acids is 3. The minimum Gasteiger partial charge on any atom is -0.453 e. The lowest BCUT2D eigenvalue weighted by Crippen LogP contribution is -2.40. The Hall–Kier alpha value is -5.44. The molecule has 0 aliphatic carbocycles. The van der Waals surface area contributed by atoms with Gasteiger partial charge in [-0.15, -0.1) is 0 Å². The summed E-state index contributed by atoms with van der Waals surface area (Å²) in [5.41, 5.74) is 5.71. The van der Waals surface area contributed by atoms with Gasteiger partial charge in [-0.2, -0.15) is 0 Å². The lowest BCUT2D eigenvalue weighted by molar-refractivity contribution is -0.144. The Kier molecular flexibility index (Phi) is 6.91.